The summed E-state index contributed by atoms with van der Waals surface area (Å²) in [7, 11) is 0. The van der Waals surface area contributed by atoms with Gasteiger partial charge in [-0.25, -0.2) is 0 Å². The highest BCUT2D eigenvalue weighted by Crippen LogP contribution is 2.32. The third-order valence-electron chi connectivity index (χ3n) is 3.75. The van der Waals surface area contributed by atoms with E-state index in [0.29, 0.717) is 31.4 Å². The molecule has 0 bridgehead atoms. The van der Waals surface area contributed by atoms with Gasteiger partial charge in [0.25, 0.3) is 5.91 Å². The molecule has 0 aromatic carbocycles. The Bertz CT molecular complexity index is 578. The molecule has 1 unspecified atom stereocenters. The molecule has 5 nitrogen and oxygen atoms in total. The molecule has 6 heteroatoms. The summed E-state index contributed by atoms with van der Waals surface area (Å²) >= 11 is 1.56. The highest BCUT2D eigenvalue weighted by atomic mass is 32.1. The topological polar surface area (TPSA) is 66.5 Å². The van der Waals surface area contributed by atoms with Crippen molar-refractivity contribution in [3.8, 4) is 0 Å². The van der Waals surface area contributed by atoms with Gasteiger partial charge in [-0.15, -0.1) is 11.3 Å². The molecule has 3 amide bonds. The molecular weight excluding hydrogens is 264 g/mol. The Kier molecular flexibility index (Phi) is 2.89. The maximum absolute atomic E-state index is 12.3. The van der Waals surface area contributed by atoms with E-state index in [1.165, 1.54) is 0 Å². The average Bonchev–Trinajstić information content (AvgIpc) is 2.81. The molecular formula is C13H14N2O3S. The number of hydrogen-bond donors (Lipinski definition) is 1. The number of thiophene rings is 1. The van der Waals surface area contributed by atoms with Gasteiger partial charge >= 0.3 is 0 Å². The first kappa shape index (κ1) is 12.3. The third-order valence-corrected chi connectivity index (χ3v) is 4.70. The van der Waals surface area contributed by atoms with Gasteiger partial charge in [-0.3, -0.25) is 19.7 Å². The number of carbonyl (C=O) groups excluding carboxylic acids is 3. The van der Waals surface area contributed by atoms with Crippen molar-refractivity contribution in [3.63, 3.8) is 0 Å². The van der Waals surface area contributed by atoms with E-state index in [9.17, 15) is 14.4 Å². The van der Waals surface area contributed by atoms with Crippen molar-refractivity contribution in [2.45, 2.75) is 38.8 Å². The number of nitrogens with zero attached hydrogens (tertiary/aromatic N) is 1. The second-order valence-electron chi connectivity index (χ2n) is 4.94. The van der Waals surface area contributed by atoms with Gasteiger partial charge in [0.2, 0.25) is 11.8 Å². The van der Waals surface area contributed by atoms with E-state index in [-0.39, 0.29) is 17.7 Å². The number of aryl methyl sites for hydroxylation is 1. The Labute approximate surface area is 114 Å². The maximum atomic E-state index is 12.3. The predicted molar refractivity (Wildman–Crippen MR) is 69.7 cm³/mol. The van der Waals surface area contributed by atoms with Gasteiger partial charge < -0.3 is 4.90 Å². The maximum Gasteiger partial charge on any atom is 0.256 e. The zero-order valence-corrected chi connectivity index (χ0v) is 11.4. The number of nitrogens with one attached hydrogen (secondary N) is 1. The van der Waals surface area contributed by atoms with Crippen LogP contribution in [-0.4, -0.2) is 28.7 Å². The summed E-state index contributed by atoms with van der Waals surface area (Å²) in [4.78, 5) is 38.3. The smallest absolute Gasteiger partial charge is 0.256 e. The largest absolute Gasteiger partial charge is 0.322 e. The molecule has 1 saturated heterocycles. The molecule has 3 heterocycles. The number of carbonyl (C=O) groups is 3. The second-order valence-corrected chi connectivity index (χ2v) is 6.02. The zero-order valence-electron chi connectivity index (χ0n) is 10.6. The van der Waals surface area contributed by atoms with Crippen molar-refractivity contribution in [1.29, 1.82) is 0 Å². The van der Waals surface area contributed by atoms with Crippen LogP contribution in [0.2, 0.25) is 0 Å². The monoisotopic (exact) mass is 278 g/mol. The summed E-state index contributed by atoms with van der Waals surface area (Å²) in [5.41, 5.74) is 1.74. The van der Waals surface area contributed by atoms with E-state index in [4.69, 9.17) is 0 Å². The third kappa shape index (κ3) is 1.96. The number of imide groups is 1. The second kappa shape index (κ2) is 4.45. The molecule has 1 aromatic rings. The Balaban J connectivity index is 1.86. The standard InChI is InChI=1S/C13H14N2O3S/c1-7-8-5-15(13(18)9(8)6-19-7)10-3-2-4-11(16)14-12(10)17/h6,10H,2-5H2,1H3,(H,14,16,17). The molecule has 0 spiro atoms. The summed E-state index contributed by atoms with van der Waals surface area (Å²) in [5.74, 6) is -0.680. The van der Waals surface area contributed by atoms with E-state index in [2.05, 4.69) is 5.32 Å². The molecule has 1 aromatic heterocycles. The zero-order chi connectivity index (χ0) is 13.6. The minimum absolute atomic E-state index is 0.0890. The summed E-state index contributed by atoms with van der Waals surface area (Å²) in [6.07, 6.45) is 1.54. The fourth-order valence-electron chi connectivity index (χ4n) is 2.67. The molecule has 1 atom stereocenters. The number of fused-ring (bicyclic) bond motifs is 1. The van der Waals surface area contributed by atoms with Gasteiger partial charge in [0.15, 0.2) is 0 Å². The van der Waals surface area contributed by atoms with Crippen LogP contribution in [0.15, 0.2) is 5.38 Å². The quantitative estimate of drug-likeness (QED) is 0.785. The first-order valence-electron chi connectivity index (χ1n) is 6.29. The highest BCUT2D eigenvalue weighted by Gasteiger charge is 2.38. The Hall–Kier alpha value is -1.69. The van der Waals surface area contributed by atoms with E-state index in [0.717, 1.165) is 10.4 Å². The van der Waals surface area contributed by atoms with Crippen LogP contribution < -0.4 is 5.32 Å². The molecule has 3 rings (SSSR count). The normalized spacial score (nSPS) is 23.3. The molecule has 2 aliphatic rings. The molecule has 0 aliphatic carbocycles. The van der Waals surface area contributed by atoms with Gasteiger partial charge in [-0.2, -0.15) is 0 Å². The van der Waals surface area contributed by atoms with Crippen LogP contribution in [0.4, 0.5) is 0 Å². The summed E-state index contributed by atoms with van der Waals surface area (Å²) in [6.45, 7) is 2.47. The van der Waals surface area contributed by atoms with E-state index in [1.54, 1.807) is 16.2 Å². The van der Waals surface area contributed by atoms with Crippen LogP contribution in [0.5, 0.6) is 0 Å². The molecule has 19 heavy (non-hydrogen) atoms. The lowest BCUT2D eigenvalue weighted by Crippen LogP contribution is -2.47. The average molecular weight is 278 g/mol. The number of amides is 3. The van der Waals surface area contributed by atoms with Crippen LogP contribution in [0.1, 0.15) is 40.1 Å². The van der Waals surface area contributed by atoms with Crippen molar-refractivity contribution in [2.75, 3.05) is 0 Å². The van der Waals surface area contributed by atoms with Gasteiger partial charge in [-0.1, -0.05) is 0 Å². The number of rotatable bonds is 1. The SMILES string of the molecule is Cc1scc2c1CN(C1CCCC(=O)NC1=O)C2=O. The van der Waals surface area contributed by atoms with Gasteiger partial charge in [0.1, 0.15) is 6.04 Å². The molecule has 100 valence electrons. The van der Waals surface area contributed by atoms with E-state index in [1.807, 2.05) is 12.3 Å². The van der Waals surface area contributed by atoms with Crippen molar-refractivity contribution in [3.05, 3.63) is 21.4 Å². The van der Waals surface area contributed by atoms with Crippen LogP contribution in [-0.2, 0) is 16.1 Å². The van der Waals surface area contributed by atoms with Gasteiger partial charge in [-0.05, 0) is 25.3 Å². The van der Waals surface area contributed by atoms with Crippen molar-refractivity contribution in [2.24, 2.45) is 0 Å². The van der Waals surface area contributed by atoms with Crippen molar-refractivity contribution in [1.82, 2.24) is 10.2 Å². The molecule has 2 aliphatic heterocycles. The van der Waals surface area contributed by atoms with Gasteiger partial charge in [0.05, 0.1) is 5.56 Å². The van der Waals surface area contributed by atoms with Crippen LogP contribution in [0.3, 0.4) is 0 Å². The van der Waals surface area contributed by atoms with Crippen LogP contribution >= 0.6 is 11.3 Å². The predicted octanol–water partition coefficient (Wildman–Crippen LogP) is 1.21. The fraction of sp³-hybridized carbons (Fsp3) is 0.462. The lowest BCUT2D eigenvalue weighted by molar-refractivity contribution is -0.132. The Morgan fingerprint density at radius 1 is 1.37 bits per heavy atom. The van der Waals surface area contributed by atoms with E-state index >= 15 is 0 Å². The lowest BCUT2D eigenvalue weighted by Gasteiger charge is -2.25. The minimum atomic E-state index is -0.518. The van der Waals surface area contributed by atoms with Crippen molar-refractivity contribution >= 4 is 29.1 Å². The first-order chi connectivity index (χ1) is 9.08. The Morgan fingerprint density at radius 2 is 2.16 bits per heavy atom. The lowest BCUT2D eigenvalue weighted by atomic mass is 10.1. The fourth-order valence-corrected chi connectivity index (χ4v) is 3.53. The Morgan fingerprint density at radius 3 is 2.89 bits per heavy atom. The van der Waals surface area contributed by atoms with Crippen molar-refractivity contribution < 1.29 is 14.4 Å². The minimum Gasteiger partial charge on any atom is -0.322 e. The van der Waals surface area contributed by atoms with E-state index < -0.39 is 6.04 Å². The first-order valence-corrected chi connectivity index (χ1v) is 7.17. The summed E-state index contributed by atoms with van der Waals surface area (Å²) in [6, 6.07) is -0.518. The number of hydrogen-bond acceptors (Lipinski definition) is 4. The molecule has 0 radical (unpaired) electrons. The molecule has 0 saturated carbocycles. The molecule has 1 N–H and O–H groups in total. The summed E-state index contributed by atoms with van der Waals surface area (Å²) < 4.78 is 0. The molecule has 1 fully saturated rings. The van der Waals surface area contributed by atoms with Gasteiger partial charge in [0, 0.05) is 23.2 Å². The highest BCUT2D eigenvalue weighted by molar-refractivity contribution is 7.10. The van der Waals surface area contributed by atoms with Crippen LogP contribution in [0.25, 0.3) is 0 Å². The summed E-state index contributed by atoms with van der Waals surface area (Å²) in [5, 5.41) is 4.21. The van der Waals surface area contributed by atoms with Crippen LogP contribution in [0, 0.1) is 6.92 Å².